The second-order valence-electron chi connectivity index (χ2n) is 2.46. The van der Waals surface area contributed by atoms with Crippen LogP contribution in [0.2, 0.25) is 5.02 Å². The van der Waals surface area contributed by atoms with Crippen LogP contribution >= 0.6 is 27.5 Å². The molecule has 0 fully saturated rings. The first-order valence-corrected chi connectivity index (χ1v) is 5.03. The molecule has 0 aliphatic carbocycles. The molecule has 0 N–H and O–H groups in total. The van der Waals surface area contributed by atoms with Gasteiger partial charge in [-0.05, 0) is 12.1 Å². The lowest BCUT2D eigenvalue weighted by molar-refractivity contribution is -0.385. The van der Waals surface area contributed by atoms with E-state index in [9.17, 15) is 10.1 Å². The third-order valence-corrected chi connectivity index (χ3v) is 2.42. The molecule has 0 amide bonds. The highest BCUT2D eigenvalue weighted by Gasteiger charge is 2.19. The molecule has 0 bridgehead atoms. The molecule has 1 aromatic rings. The van der Waals surface area contributed by atoms with Crippen LogP contribution in [0.4, 0.5) is 5.69 Å². The van der Waals surface area contributed by atoms with E-state index in [0.717, 1.165) is 0 Å². The average molecular weight is 275 g/mol. The zero-order valence-corrected chi connectivity index (χ0v) is 9.17. The molecule has 0 aliphatic rings. The zero-order chi connectivity index (χ0) is 10.7. The van der Waals surface area contributed by atoms with Crippen LogP contribution in [0.15, 0.2) is 12.1 Å². The average Bonchev–Trinajstić information content (AvgIpc) is 2.15. The van der Waals surface area contributed by atoms with Gasteiger partial charge < -0.3 is 0 Å². The van der Waals surface area contributed by atoms with Crippen molar-refractivity contribution in [3.63, 3.8) is 0 Å². The maximum Gasteiger partial charge on any atom is 0.291 e. The Morgan fingerprint density at radius 3 is 2.71 bits per heavy atom. The van der Waals surface area contributed by atoms with E-state index in [2.05, 4.69) is 15.9 Å². The van der Waals surface area contributed by atoms with Gasteiger partial charge in [-0.2, -0.15) is 5.26 Å². The molecular formula is C8H4BrClN2O2. The first-order valence-electron chi connectivity index (χ1n) is 3.53. The summed E-state index contributed by atoms with van der Waals surface area (Å²) in [6, 6.07) is 4.50. The smallest absolute Gasteiger partial charge is 0.258 e. The summed E-state index contributed by atoms with van der Waals surface area (Å²) >= 11 is 8.79. The topological polar surface area (TPSA) is 66.9 Å². The van der Waals surface area contributed by atoms with Crippen molar-refractivity contribution in [2.75, 3.05) is 0 Å². The van der Waals surface area contributed by atoms with E-state index in [4.69, 9.17) is 16.9 Å². The molecule has 6 heteroatoms. The second-order valence-corrected chi connectivity index (χ2v) is 3.46. The van der Waals surface area contributed by atoms with E-state index in [1.54, 1.807) is 6.07 Å². The number of hydrogen-bond acceptors (Lipinski definition) is 3. The summed E-state index contributed by atoms with van der Waals surface area (Å²) in [5.41, 5.74) is 0.199. The SMILES string of the molecule is N#Cc1cc(Cl)cc(CBr)c1[N+](=O)[O-]. The Morgan fingerprint density at radius 1 is 1.64 bits per heavy atom. The van der Waals surface area contributed by atoms with Crippen LogP contribution in [-0.2, 0) is 5.33 Å². The summed E-state index contributed by atoms with van der Waals surface area (Å²) < 4.78 is 0. The molecule has 0 heterocycles. The summed E-state index contributed by atoms with van der Waals surface area (Å²) in [6.07, 6.45) is 0. The molecule has 14 heavy (non-hydrogen) atoms. The quantitative estimate of drug-likeness (QED) is 0.473. The predicted octanol–water partition coefficient (Wildman–Crippen LogP) is 3.01. The third kappa shape index (κ3) is 2.03. The summed E-state index contributed by atoms with van der Waals surface area (Å²) in [5.74, 6) is 0. The largest absolute Gasteiger partial charge is 0.291 e. The third-order valence-electron chi connectivity index (χ3n) is 1.60. The Morgan fingerprint density at radius 2 is 2.29 bits per heavy atom. The lowest BCUT2D eigenvalue weighted by Gasteiger charge is -2.01. The molecule has 0 aliphatic heterocycles. The zero-order valence-electron chi connectivity index (χ0n) is 6.83. The van der Waals surface area contributed by atoms with Crippen LogP contribution in [0, 0.1) is 21.4 Å². The van der Waals surface area contributed by atoms with Gasteiger partial charge in [-0.15, -0.1) is 0 Å². The minimum atomic E-state index is -0.578. The van der Waals surface area contributed by atoms with Crippen LogP contribution in [0.3, 0.4) is 0 Å². The Kier molecular flexibility index (Phi) is 3.44. The summed E-state index contributed by atoms with van der Waals surface area (Å²) in [7, 11) is 0. The van der Waals surface area contributed by atoms with Gasteiger partial charge >= 0.3 is 0 Å². The molecule has 1 aromatic carbocycles. The van der Waals surface area contributed by atoms with Crippen molar-refractivity contribution >= 4 is 33.2 Å². The normalized spacial score (nSPS) is 9.50. The lowest BCUT2D eigenvalue weighted by Crippen LogP contribution is -1.97. The van der Waals surface area contributed by atoms with E-state index >= 15 is 0 Å². The highest BCUT2D eigenvalue weighted by atomic mass is 79.9. The standard InChI is InChI=1S/C8H4BrClN2O2/c9-3-5-1-7(10)2-6(4-11)8(5)12(13)14/h1-2H,3H2. The van der Waals surface area contributed by atoms with Crippen molar-refractivity contribution in [2.24, 2.45) is 0 Å². The fraction of sp³-hybridized carbons (Fsp3) is 0.125. The van der Waals surface area contributed by atoms with Gasteiger partial charge in [-0.3, -0.25) is 10.1 Å². The molecule has 0 radical (unpaired) electrons. The molecule has 0 aromatic heterocycles. The van der Waals surface area contributed by atoms with E-state index in [1.807, 2.05) is 0 Å². The minimum Gasteiger partial charge on any atom is -0.258 e. The number of nitro benzene ring substituents is 1. The van der Waals surface area contributed by atoms with Gasteiger partial charge in [-0.25, -0.2) is 0 Å². The Hall–Kier alpha value is -1.12. The molecule has 0 unspecified atom stereocenters. The Bertz CT molecular complexity index is 428. The minimum absolute atomic E-state index is 0.0167. The number of rotatable bonds is 2. The molecule has 0 saturated heterocycles. The number of hydrogen-bond donors (Lipinski definition) is 0. The second kappa shape index (κ2) is 4.40. The maximum atomic E-state index is 10.7. The molecule has 0 spiro atoms. The fourth-order valence-electron chi connectivity index (χ4n) is 1.06. The number of benzene rings is 1. The van der Waals surface area contributed by atoms with Crippen LogP contribution in [0.5, 0.6) is 0 Å². The van der Waals surface area contributed by atoms with Gasteiger partial charge in [0.15, 0.2) is 0 Å². The number of nitrogens with zero attached hydrogens (tertiary/aromatic N) is 2. The number of halogens is 2. The molecule has 72 valence electrons. The van der Waals surface area contributed by atoms with Crippen molar-refractivity contribution in [3.05, 3.63) is 38.4 Å². The highest BCUT2D eigenvalue weighted by molar-refractivity contribution is 9.08. The van der Waals surface area contributed by atoms with Crippen molar-refractivity contribution in [1.29, 1.82) is 5.26 Å². The van der Waals surface area contributed by atoms with Crippen molar-refractivity contribution in [2.45, 2.75) is 5.33 Å². The first kappa shape index (κ1) is 11.0. The molecule has 0 saturated carbocycles. The van der Waals surface area contributed by atoms with Crippen molar-refractivity contribution < 1.29 is 4.92 Å². The molecule has 0 atom stereocenters. The maximum absolute atomic E-state index is 10.7. The van der Waals surface area contributed by atoms with Gasteiger partial charge in [0.05, 0.1) is 4.92 Å². The van der Waals surface area contributed by atoms with Crippen LogP contribution < -0.4 is 0 Å². The van der Waals surface area contributed by atoms with E-state index < -0.39 is 4.92 Å². The van der Waals surface area contributed by atoms with Crippen LogP contribution in [-0.4, -0.2) is 4.92 Å². The van der Waals surface area contributed by atoms with E-state index in [-0.39, 0.29) is 11.3 Å². The lowest BCUT2D eigenvalue weighted by atomic mass is 10.1. The first-order chi connectivity index (χ1) is 6.60. The summed E-state index contributed by atoms with van der Waals surface area (Å²) in [4.78, 5) is 10.1. The molecule has 1 rings (SSSR count). The molecular weight excluding hydrogens is 271 g/mol. The number of nitro groups is 1. The van der Waals surface area contributed by atoms with Gasteiger partial charge in [0.2, 0.25) is 0 Å². The Labute approximate surface area is 93.4 Å². The molecule has 4 nitrogen and oxygen atoms in total. The Balaban J connectivity index is 3.50. The van der Waals surface area contributed by atoms with Gasteiger partial charge in [0.25, 0.3) is 5.69 Å². The monoisotopic (exact) mass is 274 g/mol. The predicted molar refractivity (Wildman–Crippen MR) is 55.5 cm³/mol. The summed E-state index contributed by atoms with van der Waals surface area (Å²) in [5, 5.41) is 20.0. The fourth-order valence-corrected chi connectivity index (χ4v) is 1.73. The van der Waals surface area contributed by atoms with Crippen molar-refractivity contribution in [3.8, 4) is 6.07 Å². The summed E-state index contributed by atoms with van der Waals surface area (Å²) in [6.45, 7) is 0. The van der Waals surface area contributed by atoms with Crippen LogP contribution in [0.25, 0.3) is 0 Å². The highest BCUT2D eigenvalue weighted by Crippen LogP contribution is 2.28. The van der Waals surface area contributed by atoms with Crippen LogP contribution in [0.1, 0.15) is 11.1 Å². The van der Waals surface area contributed by atoms with Crippen molar-refractivity contribution in [1.82, 2.24) is 0 Å². The van der Waals surface area contributed by atoms with Gasteiger partial charge in [-0.1, -0.05) is 27.5 Å². The van der Waals surface area contributed by atoms with E-state index in [0.29, 0.717) is 15.9 Å². The number of alkyl halides is 1. The van der Waals surface area contributed by atoms with E-state index in [1.165, 1.54) is 12.1 Å². The van der Waals surface area contributed by atoms with Gasteiger partial charge in [0.1, 0.15) is 11.6 Å². The van der Waals surface area contributed by atoms with Gasteiger partial charge in [0, 0.05) is 15.9 Å². The number of nitriles is 1.